The van der Waals surface area contributed by atoms with Crippen molar-refractivity contribution in [2.24, 2.45) is 11.8 Å². The topological polar surface area (TPSA) is 15.3 Å². The van der Waals surface area contributed by atoms with Crippen LogP contribution in [0.4, 0.5) is 0 Å². The van der Waals surface area contributed by atoms with Crippen LogP contribution in [0.2, 0.25) is 0 Å². The molecule has 0 aliphatic carbocycles. The molecule has 1 atom stereocenters. The molecule has 0 spiro atoms. The van der Waals surface area contributed by atoms with E-state index in [2.05, 4.69) is 44.8 Å². The van der Waals surface area contributed by atoms with Crippen LogP contribution >= 0.6 is 0 Å². The lowest BCUT2D eigenvalue weighted by molar-refractivity contribution is 0.173. The largest absolute Gasteiger partial charge is 0.311 e. The number of nitrogens with one attached hydrogen (secondary N) is 1. The van der Waals surface area contributed by atoms with Crippen molar-refractivity contribution < 1.29 is 0 Å². The fraction of sp³-hybridized carbons (Fsp3) is 1.00. The molecule has 1 aliphatic heterocycles. The lowest BCUT2D eigenvalue weighted by Gasteiger charge is -2.35. The van der Waals surface area contributed by atoms with Gasteiger partial charge in [0.05, 0.1) is 0 Å². The van der Waals surface area contributed by atoms with Crippen LogP contribution in [-0.2, 0) is 0 Å². The highest BCUT2D eigenvalue weighted by molar-refractivity contribution is 4.80. The molecule has 17 heavy (non-hydrogen) atoms. The van der Waals surface area contributed by atoms with E-state index < -0.39 is 0 Å². The molecule has 1 saturated heterocycles. The Morgan fingerprint density at radius 1 is 1.00 bits per heavy atom. The highest BCUT2D eigenvalue weighted by Crippen LogP contribution is 2.14. The second kappa shape index (κ2) is 7.38. The number of hydrogen-bond donors (Lipinski definition) is 1. The van der Waals surface area contributed by atoms with Crippen molar-refractivity contribution in [3.05, 3.63) is 0 Å². The van der Waals surface area contributed by atoms with Crippen LogP contribution < -0.4 is 5.32 Å². The summed E-state index contributed by atoms with van der Waals surface area (Å²) in [5.74, 6) is 1.61. The standard InChI is InChI=1S/C15H32N2/c1-12(2)10-14(5)16-15-6-8-17(9-7-15)11-13(3)4/h12-16H,6-11H2,1-5H3. The Bertz CT molecular complexity index is 193. The van der Waals surface area contributed by atoms with E-state index >= 15 is 0 Å². The van der Waals surface area contributed by atoms with Crippen LogP contribution in [0.1, 0.15) is 53.9 Å². The van der Waals surface area contributed by atoms with Gasteiger partial charge in [-0.15, -0.1) is 0 Å². The summed E-state index contributed by atoms with van der Waals surface area (Å²) in [6, 6.07) is 1.43. The maximum atomic E-state index is 3.80. The fourth-order valence-electron chi connectivity index (χ4n) is 2.98. The van der Waals surface area contributed by atoms with E-state index in [0.717, 1.165) is 17.9 Å². The molecule has 2 heteroatoms. The second-order valence-corrected chi connectivity index (χ2v) is 6.67. The molecule has 0 aromatic rings. The normalized spacial score (nSPS) is 21.4. The highest BCUT2D eigenvalue weighted by atomic mass is 15.1. The van der Waals surface area contributed by atoms with Gasteiger partial charge in [-0.3, -0.25) is 0 Å². The van der Waals surface area contributed by atoms with Crippen molar-refractivity contribution in [3.63, 3.8) is 0 Å². The third kappa shape index (κ3) is 6.42. The quantitative estimate of drug-likeness (QED) is 0.767. The summed E-state index contributed by atoms with van der Waals surface area (Å²) in [4.78, 5) is 2.62. The van der Waals surface area contributed by atoms with Gasteiger partial charge in [0.2, 0.25) is 0 Å². The lowest BCUT2D eigenvalue weighted by Crippen LogP contribution is -2.46. The summed E-state index contributed by atoms with van der Waals surface area (Å²) >= 11 is 0. The van der Waals surface area contributed by atoms with Crippen LogP contribution in [0.3, 0.4) is 0 Å². The molecule has 1 rings (SSSR count). The smallest absolute Gasteiger partial charge is 0.00938 e. The van der Waals surface area contributed by atoms with Crippen molar-refractivity contribution >= 4 is 0 Å². The predicted molar refractivity (Wildman–Crippen MR) is 76.4 cm³/mol. The molecule has 2 nitrogen and oxygen atoms in total. The van der Waals surface area contributed by atoms with Gasteiger partial charge in [-0.05, 0) is 51.1 Å². The van der Waals surface area contributed by atoms with Gasteiger partial charge in [0.15, 0.2) is 0 Å². The molecule has 0 radical (unpaired) electrons. The average Bonchev–Trinajstić information content (AvgIpc) is 2.18. The molecule has 102 valence electrons. The predicted octanol–water partition coefficient (Wildman–Crippen LogP) is 3.13. The van der Waals surface area contributed by atoms with Crippen molar-refractivity contribution in [2.75, 3.05) is 19.6 Å². The van der Waals surface area contributed by atoms with E-state index in [4.69, 9.17) is 0 Å². The van der Waals surface area contributed by atoms with E-state index in [0.29, 0.717) is 6.04 Å². The minimum Gasteiger partial charge on any atom is -0.311 e. The first-order valence-corrected chi connectivity index (χ1v) is 7.45. The Morgan fingerprint density at radius 2 is 1.59 bits per heavy atom. The van der Waals surface area contributed by atoms with Crippen LogP contribution in [0.25, 0.3) is 0 Å². The monoisotopic (exact) mass is 240 g/mol. The molecule has 0 aromatic heterocycles. The fourth-order valence-corrected chi connectivity index (χ4v) is 2.98. The summed E-state index contributed by atoms with van der Waals surface area (Å²) in [6.07, 6.45) is 3.95. The summed E-state index contributed by atoms with van der Waals surface area (Å²) in [7, 11) is 0. The van der Waals surface area contributed by atoms with Gasteiger partial charge < -0.3 is 10.2 Å². The maximum absolute atomic E-state index is 3.80. The third-order valence-corrected chi connectivity index (χ3v) is 3.56. The number of likely N-dealkylation sites (tertiary alicyclic amines) is 1. The van der Waals surface area contributed by atoms with E-state index in [1.54, 1.807) is 0 Å². The van der Waals surface area contributed by atoms with E-state index in [1.807, 2.05) is 0 Å². The third-order valence-electron chi connectivity index (χ3n) is 3.56. The summed E-state index contributed by atoms with van der Waals surface area (Å²) < 4.78 is 0. The van der Waals surface area contributed by atoms with Gasteiger partial charge >= 0.3 is 0 Å². The molecule has 1 unspecified atom stereocenters. The zero-order valence-corrected chi connectivity index (χ0v) is 12.5. The van der Waals surface area contributed by atoms with Crippen LogP contribution in [-0.4, -0.2) is 36.6 Å². The maximum Gasteiger partial charge on any atom is 0.00938 e. The van der Waals surface area contributed by atoms with Gasteiger partial charge in [0.25, 0.3) is 0 Å². The molecule has 1 N–H and O–H groups in total. The Labute approximate surface area is 108 Å². The van der Waals surface area contributed by atoms with Crippen molar-refractivity contribution in [2.45, 2.75) is 66.0 Å². The number of hydrogen-bond acceptors (Lipinski definition) is 2. The molecular weight excluding hydrogens is 208 g/mol. The molecule has 0 amide bonds. The molecular formula is C15H32N2. The molecule has 0 bridgehead atoms. The Morgan fingerprint density at radius 3 is 2.06 bits per heavy atom. The van der Waals surface area contributed by atoms with E-state index in [-0.39, 0.29) is 0 Å². The zero-order valence-electron chi connectivity index (χ0n) is 12.5. The van der Waals surface area contributed by atoms with Gasteiger partial charge in [-0.25, -0.2) is 0 Å². The summed E-state index contributed by atoms with van der Waals surface area (Å²) in [5.41, 5.74) is 0. The molecule has 0 aromatic carbocycles. The van der Waals surface area contributed by atoms with Gasteiger partial charge in [0, 0.05) is 18.6 Å². The van der Waals surface area contributed by atoms with Crippen LogP contribution in [0.5, 0.6) is 0 Å². The van der Waals surface area contributed by atoms with E-state index in [1.165, 1.54) is 38.9 Å². The van der Waals surface area contributed by atoms with E-state index in [9.17, 15) is 0 Å². The molecule has 1 aliphatic rings. The second-order valence-electron chi connectivity index (χ2n) is 6.67. The lowest BCUT2D eigenvalue weighted by atomic mass is 10.00. The SMILES string of the molecule is CC(C)CC(C)NC1CCN(CC(C)C)CC1. The summed E-state index contributed by atoms with van der Waals surface area (Å²) in [6.45, 7) is 15.4. The Kier molecular flexibility index (Phi) is 6.50. The summed E-state index contributed by atoms with van der Waals surface area (Å²) in [5, 5.41) is 3.80. The number of nitrogens with zero attached hydrogens (tertiary/aromatic N) is 1. The van der Waals surface area contributed by atoms with Crippen molar-refractivity contribution in [1.29, 1.82) is 0 Å². The van der Waals surface area contributed by atoms with Gasteiger partial charge in [0.1, 0.15) is 0 Å². The number of piperidine rings is 1. The molecule has 1 heterocycles. The minimum atomic E-state index is 0.677. The van der Waals surface area contributed by atoms with Gasteiger partial charge in [-0.1, -0.05) is 27.7 Å². The van der Waals surface area contributed by atoms with Crippen LogP contribution in [0.15, 0.2) is 0 Å². The first-order chi connectivity index (χ1) is 7.97. The Balaban J connectivity index is 2.18. The van der Waals surface area contributed by atoms with Gasteiger partial charge in [-0.2, -0.15) is 0 Å². The molecule has 0 saturated carbocycles. The Hall–Kier alpha value is -0.0800. The highest BCUT2D eigenvalue weighted by Gasteiger charge is 2.20. The average molecular weight is 240 g/mol. The zero-order chi connectivity index (χ0) is 12.8. The van der Waals surface area contributed by atoms with Crippen molar-refractivity contribution in [1.82, 2.24) is 10.2 Å². The first-order valence-electron chi connectivity index (χ1n) is 7.45. The number of rotatable bonds is 6. The first kappa shape index (κ1) is 15.0. The minimum absolute atomic E-state index is 0.677. The molecule has 1 fully saturated rings. The van der Waals surface area contributed by atoms with Crippen LogP contribution in [0, 0.1) is 11.8 Å². The van der Waals surface area contributed by atoms with Crippen molar-refractivity contribution in [3.8, 4) is 0 Å².